The molecule has 1 amide bonds. The van der Waals surface area contributed by atoms with Crippen LogP contribution < -0.4 is 14.8 Å². The Morgan fingerprint density at radius 3 is 2.61 bits per heavy atom. The van der Waals surface area contributed by atoms with Crippen LogP contribution in [0.4, 0.5) is 11.4 Å². The van der Waals surface area contributed by atoms with Crippen LogP contribution in [0.1, 0.15) is 23.6 Å². The van der Waals surface area contributed by atoms with Gasteiger partial charge in [-0.1, -0.05) is 41.4 Å². The number of amides is 1. The van der Waals surface area contributed by atoms with Crippen LogP contribution in [0.25, 0.3) is 6.08 Å². The number of anilines is 1. The molecule has 0 bridgehead atoms. The summed E-state index contributed by atoms with van der Waals surface area (Å²) in [5.41, 5.74) is 1.78. The van der Waals surface area contributed by atoms with Gasteiger partial charge in [0, 0.05) is 39.0 Å². The maximum absolute atomic E-state index is 12.8. The number of nitriles is 1. The molecule has 38 heavy (non-hydrogen) atoms. The van der Waals surface area contributed by atoms with Gasteiger partial charge in [-0.15, -0.1) is 6.58 Å². The number of halogens is 2. The molecule has 0 aliphatic carbocycles. The van der Waals surface area contributed by atoms with Crippen LogP contribution in [0.5, 0.6) is 11.5 Å². The van der Waals surface area contributed by atoms with Gasteiger partial charge in [0.15, 0.2) is 11.5 Å². The van der Waals surface area contributed by atoms with E-state index in [2.05, 4.69) is 11.9 Å². The first-order chi connectivity index (χ1) is 18.2. The zero-order chi connectivity index (χ0) is 27.7. The molecule has 0 saturated carbocycles. The summed E-state index contributed by atoms with van der Waals surface area (Å²) in [5.74, 6) is 0.183. The Labute approximate surface area is 229 Å². The number of nitro groups is 1. The molecule has 3 rings (SSSR count). The summed E-state index contributed by atoms with van der Waals surface area (Å²) >= 11 is 12.3. The van der Waals surface area contributed by atoms with Gasteiger partial charge in [-0.2, -0.15) is 5.26 Å². The highest BCUT2D eigenvalue weighted by atomic mass is 35.5. The zero-order valence-electron chi connectivity index (χ0n) is 20.4. The van der Waals surface area contributed by atoms with Crippen LogP contribution >= 0.6 is 23.2 Å². The third-order valence-corrected chi connectivity index (χ3v) is 5.78. The number of nitro benzene ring substituents is 1. The number of carbonyl (C=O) groups excluding carboxylic acids is 1. The highest BCUT2D eigenvalue weighted by Crippen LogP contribution is 2.36. The van der Waals surface area contributed by atoms with Crippen molar-refractivity contribution in [3.05, 3.63) is 110 Å². The summed E-state index contributed by atoms with van der Waals surface area (Å²) in [4.78, 5) is 23.2. The second-order valence-electron chi connectivity index (χ2n) is 7.89. The van der Waals surface area contributed by atoms with Crippen molar-refractivity contribution in [3.8, 4) is 17.6 Å². The molecule has 0 heterocycles. The zero-order valence-corrected chi connectivity index (χ0v) is 21.9. The van der Waals surface area contributed by atoms with E-state index in [0.717, 1.165) is 11.1 Å². The molecule has 0 radical (unpaired) electrons. The fourth-order valence-electron chi connectivity index (χ4n) is 3.50. The molecule has 0 fully saturated rings. The van der Waals surface area contributed by atoms with Crippen molar-refractivity contribution >= 4 is 46.6 Å². The van der Waals surface area contributed by atoms with Crippen molar-refractivity contribution in [1.29, 1.82) is 5.26 Å². The molecule has 0 aliphatic rings. The maximum Gasteiger partial charge on any atom is 0.271 e. The molecule has 0 saturated heterocycles. The van der Waals surface area contributed by atoms with Crippen LogP contribution in [0.2, 0.25) is 10.0 Å². The molecule has 10 heteroatoms. The van der Waals surface area contributed by atoms with Crippen molar-refractivity contribution in [2.24, 2.45) is 0 Å². The van der Waals surface area contributed by atoms with Gasteiger partial charge in [0.1, 0.15) is 18.2 Å². The average Bonchev–Trinajstić information content (AvgIpc) is 2.88. The first-order valence-electron chi connectivity index (χ1n) is 11.4. The Bertz CT molecular complexity index is 1450. The van der Waals surface area contributed by atoms with E-state index in [0.29, 0.717) is 40.1 Å². The average molecular weight is 552 g/mol. The molecular weight excluding hydrogens is 529 g/mol. The van der Waals surface area contributed by atoms with Gasteiger partial charge < -0.3 is 14.8 Å². The van der Waals surface area contributed by atoms with Crippen LogP contribution in [0, 0.1) is 21.4 Å². The first kappa shape index (κ1) is 28.3. The molecule has 194 valence electrons. The van der Waals surface area contributed by atoms with Crippen molar-refractivity contribution in [1.82, 2.24) is 0 Å². The van der Waals surface area contributed by atoms with Crippen molar-refractivity contribution < 1.29 is 19.2 Å². The van der Waals surface area contributed by atoms with Gasteiger partial charge in [0.25, 0.3) is 11.6 Å². The normalized spacial score (nSPS) is 10.8. The number of hydrogen-bond donors (Lipinski definition) is 1. The fourth-order valence-corrected chi connectivity index (χ4v) is 3.96. The topological polar surface area (TPSA) is 114 Å². The highest BCUT2D eigenvalue weighted by molar-refractivity contribution is 6.35. The number of benzene rings is 3. The lowest BCUT2D eigenvalue weighted by Gasteiger charge is -2.17. The minimum atomic E-state index is -0.714. The largest absolute Gasteiger partial charge is 0.490 e. The summed E-state index contributed by atoms with van der Waals surface area (Å²) in [6.45, 7) is 6.13. The number of hydrogen-bond acceptors (Lipinski definition) is 6. The minimum Gasteiger partial charge on any atom is -0.490 e. The summed E-state index contributed by atoms with van der Waals surface area (Å²) in [6.07, 6.45) is 3.52. The summed E-state index contributed by atoms with van der Waals surface area (Å²) in [5, 5.41) is 24.2. The number of carbonyl (C=O) groups is 1. The van der Waals surface area contributed by atoms with E-state index >= 15 is 0 Å². The molecule has 8 nitrogen and oxygen atoms in total. The molecule has 0 atom stereocenters. The Morgan fingerprint density at radius 1 is 1.16 bits per heavy atom. The lowest BCUT2D eigenvalue weighted by Crippen LogP contribution is -2.13. The third-order valence-electron chi connectivity index (χ3n) is 5.20. The second kappa shape index (κ2) is 13.3. The number of nitrogens with one attached hydrogen (secondary N) is 1. The predicted octanol–water partition coefficient (Wildman–Crippen LogP) is 7.15. The molecular formula is C28H23Cl2N3O5. The van der Waals surface area contributed by atoms with Gasteiger partial charge >= 0.3 is 0 Å². The van der Waals surface area contributed by atoms with Crippen molar-refractivity contribution in [2.45, 2.75) is 20.0 Å². The van der Waals surface area contributed by atoms with E-state index in [4.69, 9.17) is 32.7 Å². The van der Waals surface area contributed by atoms with Crippen molar-refractivity contribution in [3.63, 3.8) is 0 Å². The fraction of sp³-hybridized carbons (Fsp3) is 0.143. The lowest BCUT2D eigenvalue weighted by molar-refractivity contribution is -0.384. The number of nitrogens with zero attached hydrogens (tertiary/aromatic N) is 2. The third kappa shape index (κ3) is 7.35. The summed E-state index contributed by atoms with van der Waals surface area (Å²) in [6, 6.07) is 15.9. The van der Waals surface area contributed by atoms with Gasteiger partial charge in [0.2, 0.25) is 0 Å². The van der Waals surface area contributed by atoms with E-state index in [9.17, 15) is 20.2 Å². The number of ether oxygens (including phenoxy) is 2. The smallest absolute Gasteiger partial charge is 0.271 e. The van der Waals surface area contributed by atoms with Gasteiger partial charge in [-0.05, 0) is 55.3 Å². The monoisotopic (exact) mass is 551 g/mol. The Balaban J connectivity index is 1.93. The molecule has 1 N–H and O–H groups in total. The number of rotatable bonds is 11. The van der Waals surface area contributed by atoms with E-state index in [-0.39, 0.29) is 23.6 Å². The standard InChI is InChI=1S/C28H23Cl2N3O5/c1-3-6-19-11-18(12-21(16-31)28(34)32-23-7-5-8-24(15-23)33(35)36)13-26(37-4-2)27(19)38-17-20-9-10-22(29)14-25(20)30/h3,5,7-15H,1,4,6,17H2,2H3,(H,32,34)/b21-12+. The van der Waals surface area contributed by atoms with E-state index in [1.807, 2.05) is 13.0 Å². The Hall–Kier alpha value is -4.32. The quantitative estimate of drug-likeness (QED) is 0.0888. The molecule has 3 aromatic rings. The predicted molar refractivity (Wildman–Crippen MR) is 148 cm³/mol. The number of non-ortho nitro benzene ring substituents is 1. The molecule has 0 aliphatic heterocycles. The highest BCUT2D eigenvalue weighted by Gasteiger charge is 2.17. The van der Waals surface area contributed by atoms with Gasteiger partial charge in [0.05, 0.1) is 11.5 Å². The SMILES string of the molecule is C=CCc1cc(/C=C(\C#N)C(=O)Nc2cccc([N+](=O)[O-])c2)cc(OCC)c1OCc1ccc(Cl)cc1Cl. The second-order valence-corrected chi connectivity index (χ2v) is 8.73. The van der Waals surface area contributed by atoms with E-state index in [1.54, 1.807) is 36.4 Å². The van der Waals surface area contributed by atoms with Crippen LogP contribution in [0.3, 0.4) is 0 Å². The van der Waals surface area contributed by atoms with E-state index < -0.39 is 10.8 Å². The van der Waals surface area contributed by atoms with Gasteiger partial charge in [-0.25, -0.2) is 0 Å². The molecule has 0 unspecified atom stereocenters. The summed E-state index contributed by atoms with van der Waals surface area (Å²) < 4.78 is 11.9. The Morgan fingerprint density at radius 2 is 1.95 bits per heavy atom. The van der Waals surface area contributed by atoms with Crippen LogP contribution in [-0.2, 0) is 17.8 Å². The summed E-state index contributed by atoms with van der Waals surface area (Å²) in [7, 11) is 0. The maximum atomic E-state index is 12.8. The molecule has 3 aromatic carbocycles. The first-order valence-corrected chi connectivity index (χ1v) is 12.2. The molecule has 0 spiro atoms. The Kier molecular flexibility index (Phi) is 9.88. The molecule has 0 aromatic heterocycles. The van der Waals surface area contributed by atoms with Gasteiger partial charge in [-0.3, -0.25) is 14.9 Å². The minimum absolute atomic E-state index is 0.157. The number of allylic oxidation sites excluding steroid dienone is 1. The van der Waals surface area contributed by atoms with E-state index in [1.165, 1.54) is 30.3 Å². The van der Waals surface area contributed by atoms with Crippen molar-refractivity contribution in [2.75, 3.05) is 11.9 Å². The van der Waals surface area contributed by atoms with Crippen LogP contribution in [0.15, 0.2) is 72.8 Å². The van der Waals surface area contributed by atoms with Crippen LogP contribution in [-0.4, -0.2) is 17.4 Å². The lowest BCUT2D eigenvalue weighted by atomic mass is 10.0.